The summed E-state index contributed by atoms with van der Waals surface area (Å²) < 4.78 is 0.420. The van der Waals surface area contributed by atoms with E-state index in [2.05, 4.69) is 0 Å². The topological polar surface area (TPSA) is 130 Å². The number of fused-ring (bicyclic) bond motifs is 1. The van der Waals surface area contributed by atoms with Gasteiger partial charge in [0.1, 0.15) is 11.4 Å². The van der Waals surface area contributed by atoms with E-state index >= 15 is 0 Å². The van der Waals surface area contributed by atoms with E-state index in [4.69, 9.17) is 11.5 Å². The van der Waals surface area contributed by atoms with E-state index in [0.29, 0.717) is 28.9 Å². The summed E-state index contributed by atoms with van der Waals surface area (Å²) >= 11 is 1.43. The van der Waals surface area contributed by atoms with Crippen molar-refractivity contribution in [2.45, 2.75) is 18.3 Å². The summed E-state index contributed by atoms with van der Waals surface area (Å²) in [5.41, 5.74) is 11.4. The van der Waals surface area contributed by atoms with Gasteiger partial charge in [-0.15, -0.1) is 11.8 Å². The molecule has 0 aromatic rings. The standard InChI is InChI=1S/C15H22N4O4S/c1-3-19(2,7-10(16)20)6-4-5-9-8-24-14-11(17)13(21)18(14)12(9)15(22)23/h4-5,11,14H,3,6-8,17H2,1-2H3,(H2-,16,20,22,23)/t11-,14-,19?/m1/s1. The van der Waals surface area contributed by atoms with Crippen molar-refractivity contribution in [2.75, 3.05) is 32.4 Å². The van der Waals surface area contributed by atoms with Gasteiger partial charge in [0.2, 0.25) is 5.91 Å². The van der Waals surface area contributed by atoms with Gasteiger partial charge in [-0.2, -0.15) is 0 Å². The van der Waals surface area contributed by atoms with E-state index in [9.17, 15) is 19.5 Å². The summed E-state index contributed by atoms with van der Waals surface area (Å²) in [7, 11) is 1.90. The third-order valence-corrected chi connectivity index (χ3v) is 5.72. The van der Waals surface area contributed by atoms with E-state index < -0.39 is 23.8 Å². The summed E-state index contributed by atoms with van der Waals surface area (Å²) in [6, 6.07) is -0.662. The molecule has 1 fully saturated rings. The van der Waals surface area contributed by atoms with Crippen LogP contribution in [0.4, 0.5) is 0 Å². The third-order valence-electron chi connectivity index (χ3n) is 4.40. The number of allylic oxidation sites excluding steroid dienone is 1. The number of primary amides is 1. The molecule has 9 heteroatoms. The predicted octanol–water partition coefficient (Wildman–Crippen LogP) is -2.26. The molecule has 1 saturated heterocycles. The summed E-state index contributed by atoms with van der Waals surface area (Å²) in [6.07, 6.45) is 3.48. The van der Waals surface area contributed by atoms with Crippen LogP contribution >= 0.6 is 11.8 Å². The summed E-state index contributed by atoms with van der Waals surface area (Å²) in [6.45, 7) is 3.37. The number of carboxylic acid groups (broad SMARTS) is 1. The minimum absolute atomic E-state index is 0.109. The molecule has 2 amide bonds. The van der Waals surface area contributed by atoms with E-state index in [1.807, 2.05) is 14.0 Å². The van der Waals surface area contributed by atoms with E-state index in [0.717, 1.165) is 0 Å². The Labute approximate surface area is 144 Å². The number of aliphatic carboxylic acids is 1. The maximum absolute atomic E-state index is 11.8. The Kier molecular flexibility index (Phi) is 5.36. The Morgan fingerprint density at radius 3 is 2.71 bits per heavy atom. The molecule has 3 atom stereocenters. The van der Waals surface area contributed by atoms with Gasteiger partial charge < -0.3 is 25.9 Å². The van der Waals surface area contributed by atoms with Crippen LogP contribution in [-0.4, -0.2) is 71.0 Å². The molecule has 0 aromatic carbocycles. The lowest BCUT2D eigenvalue weighted by Crippen LogP contribution is -2.69. The van der Waals surface area contributed by atoms with Crippen molar-refractivity contribution in [3.63, 3.8) is 0 Å². The SMILES string of the molecule is CC[N+](C)(CC=CC1=C(C(=O)[O-])N2C(=O)[C@@H](N)[C@H]2SC1)CC(N)=O. The maximum Gasteiger partial charge on any atom is 0.272 e. The number of rotatable bonds is 7. The first kappa shape index (κ1) is 18.5. The second kappa shape index (κ2) is 6.96. The molecule has 24 heavy (non-hydrogen) atoms. The molecule has 2 aliphatic heterocycles. The van der Waals surface area contributed by atoms with Crippen LogP contribution in [0.3, 0.4) is 0 Å². The van der Waals surface area contributed by atoms with Crippen molar-refractivity contribution >= 4 is 29.5 Å². The van der Waals surface area contributed by atoms with Gasteiger partial charge in [0, 0.05) is 5.75 Å². The highest BCUT2D eigenvalue weighted by Gasteiger charge is 2.49. The highest BCUT2D eigenvalue weighted by Crippen LogP contribution is 2.39. The minimum atomic E-state index is -1.38. The lowest BCUT2D eigenvalue weighted by atomic mass is 10.0. The number of amides is 2. The molecule has 0 aromatic heterocycles. The number of likely N-dealkylation sites (N-methyl/N-ethyl adjacent to an activating group) is 1. The molecular weight excluding hydrogens is 332 g/mol. The number of carboxylic acids is 1. The Hall–Kier alpha value is -1.84. The fourth-order valence-electron chi connectivity index (χ4n) is 2.79. The minimum Gasteiger partial charge on any atom is -0.543 e. The largest absolute Gasteiger partial charge is 0.543 e. The van der Waals surface area contributed by atoms with Gasteiger partial charge in [0.25, 0.3) is 5.91 Å². The maximum atomic E-state index is 11.8. The predicted molar refractivity (Wildman–Crippen MR) is 87.9 cm³/mol. The fourth-order valence-corrected chi connectivity index (χ4v) is 4.05. The molecule has 0 bridgehead atoms. The van der Waals surface area contributed by atoms with Gasteiger partial charge in [0.05, 0.1) is 31.8 Å². The fraction of sp³-hybridized carbons (Fsp3) is 0.533. The molecule has 0 spiro atoms. The van der Waals surface area contributed by atoms with E-state index in [1.54, 1.807) is 12.2 Å². The normalized spacial score (nSPS) is 26.1. The summed E-state index contributed by atoms with van der Waals surface area (Å²) in [5.74, 6) is -1.74. The van der Waals surface area contributed by atoms with Crippen LogP contribution in [0.1, 0.15) is 6.92 Å². The van der Waals surface area contributed by atoms with E-state index in [-0.39, 0.29) is 17.6 Å². The number of quaternary nitrogens is 1. The van der Waals surface area contributed by atoms with Gasteiger partial charge in [0.15, 0.2) is 6.54 Å². The van der Waals surface area contributed by atoms with Crippen molar-refractivity contribution in [1.82, 2.24) is 4.90 Å². The molecule has 2 heterocycles. The van der Waals surface area contributed by atoms with Crippen molar-refractivity contribution in [1.29, 1.82) is 0 Å². The van der Waals surface area contributed by atoms with Gasteiger partial charge in [-0.3, -0.25) is 14.5 Å². The quantitative estimate of drug-likeness (QED) is 0.392. The number of hydrogen-bond acceptors (Lipinski definition) is 6. The number of carbonyl (C=O) groups is 3. The van der Waals surface area contributed by atoms with Crippen LogP contribution in [0.25, 0.3) is 0 Å². The van der Waals surface area contributed by atoms with Gasteiger partial charge in [-0.25, -0.2) is 0 Å². The first-order valence-electron chi connectivity index (χ1n) is 7.63. The van der Waals surface area contributed by atoms with E-state index in [1.165, 1.54) is 16.7 Å². The van der Waals surface area contributed by atoms with Crippen LogP contribution in [0, 0.1) is 0 Å². The molecule has 0 radical (unpaired) electrons. The van der Waals surface area contributed by atoms with Gasteiger partial charge >= 0.3 is 0 Å². The monoisotopic (exact) mass is 354 g/mol. The lowest BCUT2D eigenvalue weighted by molar-refractivity contribution is -0.894. The van der Waals surface area contributed by atoms with Crippen LogP contribution in [0.5, 0.6) is 0 Å². The first-order valence-corrected chi connectivity index (χ1v) is 8.68. The zero-order valence-corrected chi connectivity index (χ0v) is 14.5. The second-order valence-corrected chi connectivity index (χ2v) is 7.35. The Morgan fingerprint density at radius 1 is 1.50 bits per heavy atom. The lowest BCUT2D eigenvalue weighted by Gasteiger charge is -2.49. The smallest absolute Gasteiger partial charge is 0.272 e. The third kappa shape index (κ3) is 3.47. The summed E-state index contributed by atoms with van der Waals surface area (Å²) in [4.78, 5) is 35.7. The highest BCUT2D eigenvalue weighted by atomic mass is 32.2. The zero-order chi connectivity index (χ0) is 18.1. The number of carbonyl (C=O) groups excluding carboxylic acids is 3. The van der Waals surface area contributed by atoms with Crippen molar-refractivity contribution < 1.29 is 24.0 Å². The molecular formula is C15H22N4O4S. The average Bonchev–Trinajstić information content (AvgIpc) is 2.52. The Morgan fingerprint density at radius 2 is 2.17 bits per heavy atom. The average molecular weight is 354 g/mol. The summed E-state index contributed by atoms with van der Waals surface area (Å²) in [5, 5.41) is 11.1. The van der Waals surface area contributed by atoms with Crippen molar-refractivity contribution in [3.05, 3.63) is 23.4 Å². The first-order chi connectivity index (χ1) is 11.2. The van der Waals surface area contributed by atoms with Crippen LogP contribution < -0.4 is 16.6 Å². The number of thioether (sulfide) groups is 1. The molecule has 4 N–H and O–H groups in total. The highest BCUT2D eigenvalue weighted by molar-refractivity contribution is 8.00. The molecule has 8 nitrogen and oxygen atoms in total. The number of nitrogens with two attached hydrogens (primary N) is 2. The number of hydrogen-bond donors (Lipinski definition) is 2. The van der Waals surface area contributed by atoms with Gasteiger partial charge in [-0.05, 0) is 18.6 Å². The molecule has 2 aliphatic rings. The zero-order valence-electron chi connectivity index (χ0n) is 13.7. The number of β-lactam (4-membered cyclic amide) rings is 1. The molecule has 0 saturated carbocycles. The second-order valence-electron chi connectivity index (χ2n) is 6.24. The Bertz CT molecular complexity index is 633. The number of nitrogens with zero attached hydrogens (tertiary/aromatic N) is 2. The van der Waals surface area contributed by atoms with Gasteiger partial charge in [-0.1, -0.05) is 6.08 Å². The molecule has 1 unspecified atom stereocenters. The van der Waals surface area contributed by atoms with Crippen LogP contribution in [-0.2, 0) is 14.4 Å². The van der Waals surface area contributed by atoms with Crippen molar-refractivity contribution in [3.8, 4) is 0 Å². The molecule has 0 aliphatic carbocycles. The van der Waals surface area contributed by atoms with Crippen LogP contribution in [0.15, 0.2) is 23.4 Å². The van der Waals surface area contributed by atoms with Crippen molar-refractivity contribution in [2.24, 2.45) is 11.5 Å². The molecule has 132 valence electrons. The Balaban J connectivity index is 2.18. The van der Waals surface area contributed by atoms with Crippen LogP contribution in [0.2, 0.25) is 0 Å². The molecule has 2 rings (SSSR count).